The van der Waals surface area contributed by atoms with E-state index in [0.29, 0.717) is 0 Å². The van der Waals surface area contributed by atoms with Crippen molar-refractivity contribution in [1.82, 2.24) is 4.57 Å². The third-order valence-electron chi connectivity index (χ3n) is 4.38. The van der Waals surface area contributed by atoms with Gasteiger partial charge >= 0.3 is 0 Å². The summed E-state index contributed by atoms with van der Waals surface area (Å²) in [5.74, 6) is 0. The predicted octanol–water partition coefficient (Wildman–Crippen LogP) is 4.56. The average molecular weight is 259 g/mol. The fraction of sp³-hybridized carbons (Fsp3) is 0.158. The predicted molar refractivity (Wildman–Crippen MR) is 84.8 cm³/mol. The molecule has 1 aromatic heterocycles. The molecule has 0 aliphatic heterocycles. The van der Waals surface area contributed by atoms with Crippen LogP contribution in [0.25, 0.3) is 16.5 Å². The lowest BCUT2D eigenvalue weighted by Crippen LogP contribution is -1.96. The number of rotatable bonds is 1. The lowest BCUT2D eigenvalue weighted by molar-refractivity contribution is 0.945. The van der Waals surface area contributed by atoms with Crippen LogP contribution in [-0.2, 0) is 13.5 Å². The lowest BCUT2D eigenvalue weighted by Gasteiger charge is -2.09. The lowest BCUT2D eigenvalue weighted by atomic mass is 10.0. The summed E-state index contributed by atoms with van der Waals surface area (Å²) in [7, 11) is 2.18. The minimum absolute atomic E-state index is 1.07. The van der Waals surface area contributed by atoms with Gasteiger partial charge in [0.25, 0.3) is 0 Å². The number of aryl methyl sites for hydroxylation is 1. The number of hydrogen-bond acceptors (Lipinski definition) is 0. The molecule has 0 saturated carbocycles. The third kappa shape index (κ3) is 1.44. The quantitative estimate of drug-likeness (QED) is 0.604. The van der Waals surface area contributed by atoms with Crippen molar-refractivity contribution in [1.29, 1.82) is 0 Å². The van der Waals surface area contributed by atoms with Crippen LogP contribution < -0.4 is 0 Å². The molecule has 0 N–H and O–H groups in total. The SMILES string of the molecule is CC1=C(c2ccccc2)c2c(c3ccccc3n2C)C1. The zero-order valence-corrected chi connectivity index (χ0v) is 11.9. The molecule has 0 amide bonds. The molecule has 1 aliphatic carbocycles. The number of fused-ring (bicyclic) bond motifs is 3. The third-order valence-corrected chi connectivity index (χ3v) is 4.38. The molecule has 0 bridgehead atoms. The number of allylic oxidation sites excluding steroid dienone is 1. The number of aromatic nitrogens is 1. The molecule has 98 valence electrons. The highest BCUT2D eigenvalue weighted by molar-refractivity contribution is 5.97. The molecule has 0 atom stereocenters. The Morgan fingerprint density at radius 3 is 2.40 bits per heavy atom. The van der Waals surface area contributed by atoms with E-state index in [2.05, 4.69) is 73.1 Å². The van der Waals surface area contributed by atoms with Gasteiger partial charge in [0, 0.05) is 23.5 Å². The van der Waals surface area contributed by atoms with Gasteiger partial charge in [0.05, 0.1) is 5.69 Å². The molecule has 2 aromatic carbocycles. The van der Waals surface area contributed by atoms with Crippen molar-refractivity contribution in [2.75, 3.05) is 0 Å². The second-order valence-corrected chi connectivity index (χ2v) is 5.60. The Kier molecular flexibility index (Phi) is 2.37. The highest BCUT2D eigenvalue weighted by Crippen LogP contribution is 2.41. The van der Waals surface area contributed by atoms with Crippen LogP contribution in [0, 0.1) is 0 Å². The molecule has 0 unspecified atom stereocenters. The first-order chi connectivity index (χ1) is 9.77. The number of benzene rings is 2. The minimum atomic E-state index is 1.07. The van der Waals surface area contributed by atoms with Crippen molar-refractivity contribution in [3.8, 4) is 0 Å². The van der Waals surface area contributed by atoms with Gasteiger partial charge in [-0.3, -0.25) is 0 Å². The van der Waals surface area contributed by atoms with Gasteiger partial charge in [-0.2, -0.15) is 0 Å². The Balaban J connectivity index is 2.05. The van der Waals surface area contributed by atoms with E-state index in [0.717, 1.165) is 6.42 Å². The maximum Gasteiger partial charge on any atom is 0.0530 e. The first-order valence-electron chi connectivity index (χ1n) is 7.09. The van der Waals surface area contributed by atoms with E-state index in [9.17, 15) is 0 Å². The van der Waals surface area contributed by atoms with Crippen molar-refractivity contribution >= 4 is 16.5 Å². The summed E-state index contributed by atoms with van der Waals surface area (Å²) in [6.07, 6.45) is 1.07. The molecule has 0 fully saturated rings. The zero-order chi connectivity index (χ0) is 13.7. The monoisotopic (exact) mass is 259 g/mol. The van der Waals surface area contributed by atoms with Crippen LogP contribution in [0.2, 0.25) is 0 Å². The van der Waals surface area contributed by atoms with Crippen LogP contribution in [0.3, 0.4) is 0 Å². The maximum absolute atomic E-state index is 2.35. The van der Waals surface area contributed by atoms with E-state index in [-0.39, 0.29) is 0 Å². The average Bonchev–Trinajstić information content (AvgIpc) is 2.96. The fourth-order valence-corrected chi connectivity index (χ4v) is 3.51. The summed E-state index contributed by atoms with van der Waals surface area (Å²) in [4.78, 5) is 0. The van der Waals surface area contributed by atoms with Crippen molar-refractivity contribution in [3.05, 3.63) is 77.0 Å². The first-order valence-corrected chi connectivity index (χ1v) is 7.09. The van der Waals surface area contributed by atoms with Crippen LogP contribution in [0.15, 0.2) is 60.2 Å². The molecule has 1 heterocycles. The molecular weight excluding hydrogens is 242 g/mol. The minimum Gasteiger partial charge on any atom is -0.343 e. The van der Waals surface area contributed by atoms with Crippen LogP contribution in [0.4, 0.5) is 0 Å². The topological polar surface area (TPSA) is 4.93 Å². The summed E-state index contributed by atoms with van der Waals surface area (Å²) in [6, 6.07) is 19.5. The summed E-state index contributed by atoms with van der Waals surface area (Å²) >= 11 is 0. The van der Waals surface area contributed by atoms with Crippen molar-refractivity contribution in [3.63, 3.8) is 0 Å². The summed E-state index contributed by atoms with van der Waals surface area (Å²) in [5, 5.41) is 1.40. The van der Waals surface area contributed by atoms with Gasteiger partial charge in [0.2, 0.25) is 0 Å². The molecule has 20 heavy (non-hydrogen) atoms. The fourth-order valence-electron chi connectivity index (χ4n) is 3.51. The summed E-state index contributed by atoms with van der Waals surface area (Å²) in [6.45, 7) is 2.26. The molecule has 3 aromatic rings. The first kappa shape index (κ1) is 11.5. The van der Waals surface area contributed by atoms with Gasteiger partial charge in [-0.1, -0.05) is 54.1 Å². The largest absolute Gasteiger partial charge is 0.343 e. The van der Waals surface area contributed by atoms with Crippen LogP contribution in [0.5, 0.6) is 0 Å². The summed E-state index contributed by atoms with van der Waals surface area (Å²) in [5.41, 5.74) is 8.43. The van der Waals surface area contributed by atoms with Gasteiger partial charge in [0.1, 0.15) is 0 Å². The van der Waals surface area contributed by atoms with Gasteiger partial charge < -0.3 is 4.57 Å². The Morgan fingerprint density at radius 1 is 0.900 bits per heavy atom. The Labute approximate surface area is 119 Å². The molecule has 1 aliphatic rings. The second-order valence-electron chi connectivity index (χ2n) is 5.60. The summed E-state index contributed by atoms with van der Waals surface area (Å²) < 4.78 is 2.35. The van der Waals surface area contributed by atoms with Gasteiger partial charge in [0.15, 0.2) is 0 Å². The van der Waals surface area contributed by atoms with Crippen LogP contribution in [0.1, 0.15) is 23.7 Å². The van der Waals surface area contributed by atoms with Gasteiger partial charge in [-0.25, -0.2) is 0 Å². The Morgan fingerprint density at radius 2 is 1.60 bits per heavy atom. The molecule has 4 rings (SSSR count). The van der Waals surface area contributed by atoms with E-state index in [1.807, 2.05) is 0 Å². The van der Waals surface area contributed by atoms with Crippen molar-refractivity contribution < 1.29 is 0 Å². The van der Waals surface area contributed by atoms with Crippen LogP contribution >= 0.6 is 0 Å². The Bertz CT molecular complexity index is 835. The second kappa shape index (κ2) is 4.11. The normalized spacial score (nSPS) is 14.1. The molecule has 0 spiro atoms. The van der Waals surface area contributed by atoms with Crippen molar-refractivity contribution in [2.24, 2.45) is 7.05 Å². The molecule has 1 nitrogen and oxygen atoms in total. The number of hydrogen-bond donors (Lipinski definition) is 0. The highest BCUT2D eigenvalue weighted by atomic mass is 15.0. The smallest absolute Gasteiger partial charge is 0.0530 e. The maximum atomic E-state index is 2.35. The molecule has 0 radical (unpaired) electrons. The molecule has 1 heteroatoms. The van der Waals surface area contributed by atoms with E-state index in [1.54, 1.807) is 0 Å². The molecule has 0 saturated heterocycles. The van der Waals surface area contributed by atoms with E-state index >= 15 is 0 Å². The van der Waals surface area contributed by atoms with E-state index < -0.39 is 0 Å². The standard InChI is InChI=1S/C19H17N/c1-13-12-16-15-10-6-7-11-17(15)20(2)19(16)18(13)14-8-4-3-5-9-14/h3-11H,12H2,1-2H3. The van der Waals surface area contributed by atoms with E-state index in [1.165, 1.54) is 38.9 Å². The van der Waals surface area contributed by atoms with Crippen molar-refractivity contribution in [2.45, 2.75) is 13.3 Å². The number of nitrogens with zero attached hydrogens (tertiary/aromatic N) is 1. The highest BCUT2D eigenvalue weighted by Gasteiger charge is 2.26. The van der Waals surface area contributed by atoms with Crippen LogP contribution in [-0.4, -0.2) is 4.57 Å². The van der Waals surface area contributed by atoms with Gasteiger partial charge in [-0.05, 0) is 30.5 Å². The number of para-hydroxylation sites is 1. The zero-order valence-electron chi connectivity index (χ0n) is 11.9. The van der Waals surface area contributed by atoms with E-state index in [4.69, 9.17) is 0 Å². The van der Waals surface area contributed by atoms with Gasteiger partial charge in [-0.15, -0.1) is 0 Å². The molecular formula is C19H17N. The Hall–Kier alpha value is -2.28.